The molecule has 0 fully saturated rings. The fraction of sp³-hybridized carbons (Fsp3) is 0.0526. The Bertz CT molecular complexity index is 742. The van der Waals surface area contributed by atoms with E-state index < -0.39 is 0 Å². The van der Waals surface area contributed by atoms with Gasteiger partial charge in [-0.05, 0) is 50.7 Å². The Morgan fingerprint density at radius 2 is 1.62 bits per heavy atom. The average Bonchev–Trinajstić information content (AvgIpc) is 3.08. The van der Waals surface area contributed by atoms with Gasteiger partial charge in [0.05, 0.1) is 0 Å². The average molecular weight is 355 g/mol. The molecule has 0 aliphatic rings. The normalized spacial score (nSPS) is 11.1. The van der Waals surface area contributed by atoms with Gasteiger partial charge in [-0.15, -0.1) is 0 Å². The summed E-state index contributed by atoms with van der Waals surface area (Å²) in [7, 11) is 0. The van der Waals surface area contributed by atoms with E-state index in [1.165, 1.54) is 27.8 Å². The van der Waals surface area contributed by atoms with Crippen molar-refractivity contribution in [1.29, 1.82) is 0 Å². The molecule has 1 heterocycles. The number of rotatable bonds is 4. The highest BCUT2D eigenvalue weighted by Crippen LogP contribution is 2.23. The molecule has 0 spiro atoms. The van der Waals surface area contributed by atoms with Gasteiger partial charge in [-0.2, -0.15) is 11.3 Å². The third kappa shape index (κ3) is 3.72. The molecule has 0 saturated heterocycles. The van der Waals surface area contributed by atoms with E-state index in [1.54, 1.807) is 11.3 Å². The first kappa shape index (κ1) is 14.3. The molecule has 0 aliphatic heterocycles. The van der Waals surface area contributed by atoms with Gasteiger partial charge in [-0.1, -0.05) is 70.5 Å². The van der Waals surface area contributed by atoms with Crippen molar-refractivity contribution in [3.05, 3.63) is 82.0 Å². The number of hydrogen-bond donors (Lipinski definition) is 0. The van der Waals surface area contributed by atoms with Crippen molar-refractivity contribution in [3.63, 3.8) is 0 Å². The van der Waals surface area contributed by atoms with Gasteiger partial charge < -0.3 is 0 Å². The molecule has 0 aliphatic carbocycles. The topological polar surface area (TPSA) is 0 Å². The SMILES string of the molecule is BrCc1cccc(/C=C/c2cccc(-c3ccsc3)c2)c1. The second kappa shape index (κ2) is 6.88. The lowest BCUT2D eigenvalue weighted by molar-refractivity contribution is 1.43. The molecule has 0 nitrogen and oxygen atoms in total. The molecule has 2 heteroatoms. The van der Waals surface area contributed by atoms with Crippen LogP contribution in [0.25, 0.3) is 23.3 Å². The van der Waals surface area contributed by atoms with Crippen LogP contribution in [0.3, 0.4) is 0 Å². The van der Waals surface area contributed by atoms with Gasteiger partial charge in [0, 0.05) is 5.33 Å². The lowest BCUT2D eigenvalue weighted by Crippen LogP contribution is -1.79. The van der Waals surface area contributed by atoms with E-state index in [2.05, 4.69) is 93.4 Å². The molecule has 1 aromatic heterocycles. The fourth-order valence-corrected chi connectivity index (χ4v) is 3.24. The summed E-state index contributed by atoms with van der Waals surface area (Å²) >= 11 is 5.23. The molecule has 0 saturated carbocycles. The van der Waals surface area contributed by atoms with Crippen molar-refractivity contribution in [2.24, 2.45) is 0 Å². The largest absolute Gasteiger partial charge is 0.152 e. The number of alkyl halides is 1. The lowest BCUT2D eigenvalue weighted by atomic mass is 10.0. The predicted molar refractivity (Wildman–Crippen MR) is 97.8 cm³/mol. The van der Waals surface area contributed by atoms with E-state index in [1.807, 2.05) is 0 Å². The standard InChI is InChI=1S/C19H15BrS/c20-13-17-5-1-3-15(11-17)7-8-16-4-2-6-18(12-16)19-9-10-21-14-19/h1-12,14H,13H2/b8-7+. The van der Waals surface area contributed by atoms with Gasteiger partial charge in [-0.3, -0.25) is 0 Å². The molecule has 3 rings (SSSR count). The first-order valence-electron chi connectivity index (χ1n) is 6.81. The van der Waals surface area contributed by atoms with Crippen LogP contribution >= 0.6 is 27.3 Å². The summed E-state index contributed by atoms with van der Waals surface area (Å²) in [6, 6.07) is 19.4. The van der Waals surface area contributed by atoms with Gasteiger partial charge in [0.2, 0.25) is 0 Å². The van der Waals surface area contributed by atoms with Crippen LogP contribution in [0.15, 0.2) is 65.4 Å². The van der Waals surface area contributed by atoms with E-state index in [9.17, 15) is 0 Å². The van der Waals surface area contributed by atoms with Crippen molar-refractivity contribution < 1.29 is 0 Å². The predicted octanol–water partition coefficient (Wildman–Crippen LogP) is 6.48. The summed E-state index contributed by atoms with van der Waals surface area (Å²) in [6.07, 6.45) is 4.34. The molecule has 0 atom stereocenters. The van der Waals surface area contributed by atoms with Crippen molar-refractivity contribution in [3.8, 4) is 11.1 Å². The van der Waals surface area contributed by atoms with Gasteiger partial charge in [0.25, 0.3) is 0 Å². The van der Waals surface area contributed by atoms with Crippen molar-refractivity contribution in [2.45, 2.75) is 5.33 Å². The van der Waals surface area contributed by atoms with Crippen molar-refractivity contribution in [1.82, 2.24) is 0 Å². The Morgan fingerprint density at radius 3 is 2.33 bits per heavy atom. The number of thiophene rings is 1. The summed E-state index contributed by atoms with van der Waals surface area (Å²) in [6.45, 7) is 0. The maximum atomic E-state index is 3.50. The third-order valence-corrected chi connectivity index (χ3v) is 4.65. The molecular formula is C19H15BrS. The van der Waals surface area contributed by atoms with Crippen LogP contribution in [-0.2, 0) is 5.33 Å². The first-order valence-corrected chi connectivity index (χ1v) is 8.87. The zero-order chi connectivity index (χ0) is 14.5. The highest BCUT2D eigenvalue weighted by Gasteiger charge is 1.98. The zero-order valence-electron chi connectivity index (χ0n) is 11.5. The van der Waals surface area contributed by atoms with Crippen LogP contribution in [0, 0.1) is 0 Å². The summed E-state index contributed by atoms with van der Waals surface area (Å²) in [5, 5.41) is 5.19. The van der Waals surface area contributed by atoms with E-state index in [0.717, 1.165) is 5.33 Å². The van der Waals surface area contributed by atoms with Gasteiger partial charge in [-0.25, -0.2) is 0 Å². The Kier molecular flexibility index (Phi) is 4.69. The molecule has 104 valence electrons. The first-order chi connectivity index (χ1) is 10.3. The van der Waals surface area contributed by atoms with Crippen LogP contribution in [0.4, 0.5) is 0 Å². The maximum Gasteiger partial charge on any atom is 0.0283 e. The quantitative estimate of drug-likeness (QED) is 0.371. The molecular weight excluding hydrogens is 340 g/mol. The Morgan fingerprint density at radius 1 is 0.857 bits per heavy atom. The van der Waals surface area contributed by atoms with E-state index in [-0.39, 0.29) is 0 Å². The van der Waals surface area contributed by atoms with Crippen LogP contribution in [0.1, 0.15) is 16.7 Å². The molecule has 0 radical (unpaired) electrons. The van der Waals surface area contributed by atoms with Crippen LogP contribution < -0.4 is 0 Å². The molecule has 21 heavy (non-hydrogen) atoms. The Hall–Kier alpha value is -1.64. The van der Waals surface area contributed by atoms with E-state index in [4.69, 9.17) is 0 Å². The third-order valence-electron chi connectivity index (χ3n) is 3.31. The lowest BCUT2D eigenvalue weighted by Gasteiger charge is -2.01. The summed E-state index contributed by atoms with van der Waals surface area (Å²) in [4.78, 5) is 0. The molecule has 0 bridgehead atoms. The molecule has 0 amide bonds. The molecule has 3 aromatic rings. The van der Waals surface area contributed by atoms with Crippen LogP contribution in [-0.4, -0.2) is 0 Å². The smallest absolute Gasteiger partial charge is 0.0283 e. The zero-order valence-corrected chi connectivity index (χ0v) is 13.9. The monoisotopic (exact) mass is 354 g/mol. The second-order valence-electron chi connectivity index (χ2n) is 4.85. The molecule has 2 aromatic carbocycles. The number of hydrogen-bond acceptors (Lipinski definition) is 1. The van der Waals surface area contributed by atoms with E-state index >= 15 is 0 Å². The molecule has 0 N–H and O–H groups in total. The van der Waals surface area contributed by atoms with Gasteiger partial charge in [0.15, 0.2) is 0 Å². The Balaban J connectivity index is 1.84. The van der Waals surface area contributed by atoms with Crippen molar-refractivity contribution >= 4 is 39.4 Å². The fourth-order valence-electron chi connectivity index (χ4n) is 2.22. The maximum absolute atomic E-state index is 3.50. The van der Waals surface area contributed by atoms with Gasteiger partial charge in [0.1, 0.15) is 0 Å². The summed E-state index contributed by atoms with van der Waals surface area (Å²) in [5.41, 5.74) is 6.31. The van der Waals surface area contributed by atoms with Crippen LogP contribution in [0.2, 0.25) is 0 Å². The second-order valence-corrected chi connectivity index (χ2v) is 6.19. The summed E-state index contributed by atoms with van der Waals surface area (Å²) in [5.74, 6) is 0. The highest BCUT2D eigenvalue weighted by molar-refractivity contribution is 9.08. The molecule has 0 unspecified atom stereocenters. The minimum absolute atomic E-state index is 0.891. The minimum atomic E-state index is 0.891. The number of benzene rings is 2. The van der Waals surface area contributed by atoms with Gasteiger partial charge >= 0.3 is 0 Å². The van der Waals surface area contributed by atoms with E-state index in [0.29, 0.717) is 0 Å². The Labute approximate surface area is 137 Å². The minimum Gasteiger partial charge on any atom is -0.152 e. The number of halogens is 1. The van der Waals surface area contributed by atoms with Crippen molar-refractivity contribution in [2.75, 3.05) is 0 Å². The highest BCUT2D eigenvalue weighted by atomic mass is 79.9. The summed E-state index contributed by atoms with van der Waals surface area (Å²) < 4.78 is 0. The van der Waals surface area contributed by atoms with Crippen LogP contribution in [0.5, 0.6) is 0 Å².